The van der Waals surface area contributed by atoms with Crippen molar-refractivity contribution >= 4 is 34.1 Å². The quantitative estimate of drug-likeness (QED) is 0.469. The molecular formula is C18H15F2N3OS2. The number of rotatable bonds is 7. The van der Waals surface area contributed by atoms with Crippen LogP contribution in [-0.4, -0.2) is 16.1 Å². The molecule has 0 unspecified atom stereocenters. The number of nitrogens with zero attached hydrogens (tertiary/aromatic N) is 2. The van der Waals surface area contributed by atoms with Crippen molar-refractivity contribution in [3.8, 4) is 0 Å². The Kier molecular flexibility index (Phi) is 6.30. The minimum Gasteiger partial charge on any atom is -0.300 e. The van der Waals surface area contributed by atoms with Crippen molar-refractivity contribution in [2.75, 3.05) is 5.32 Å². The second-order valence-electron chi connectivity index (χ2n) is 5.40. The van der Waals surface area contributed by atoms with E-state index in [4.69, 9.17) is 0 Å². The molecule has 1 heterocycles. The molecule has 0 fully saturated rings. The zero-order chi connectivity index (χ0) is 18.4. The van der Waals surface area contributed by atoms with E-state index in [2.05, 4.69) is 15.5 Å². The lowest BCUT2D eigenvalue weighted by atomic mass is 10.1. The minimum atomic E-state index is -0.587. The van der Waals surface area contributed by atoms with Crippen molar-refractivity contribution in [3.05, 3.63) is 71.3 Å². The Morgan fingerprint density at radius 1 is 1.04 bits per heavy atom. The zero-order valence-electron chi connectivity index (χ0n) is 13.6. The Labute approximate surface area is 157 Å². The summed E-state index contributed by atoms with van der Waals surface area (Å²) in [6.45, 7) is 0. The predicted molar refractivity (Wildman–Crippen MR) is 99.2 cm³/mol. The molecule has 134 valence electrons. The molecule has 0 aliphatic carbocycles. The van der Waals surface area contributed by atoms with Crippen LogP contribution in [0.1, 0.15) is 17.5 Å². The monoisotopic (exact) mass is 391 g/mol. The number of aromatic nitrogens is 2. The summed E-state index contributed by atoms with van der Waals surface area (Å²) in [5.41, 5.74) is 1.09. The molecule has 1 N–H and O–H groups in total. The molecule has 8 heteroatoms. The van der Waals surface area contributed by atoms with Crippen LogP contribution >= 0.6 is 23.1 Å². The summed E-state index contributed by atoms with van der Waals surface area (Å²) < 4.78 is 27.8. The normalized spacial score (nSPS) is 10.7. The van der Waals surface area contributed by atoms with Crippen LogP contribution < -0.4 is 5.32 Å². The first kappa shape index (κ1) is 18.5. The average molecular weight is 391 g/mol. The third-order valence-corrected chi connectivity index (χ3v) is 5.54. The third-order valence-electron chi connectivity index (χ3n) is 3.54. The maximum Gasteiger partial charge on any atom is 0.226 e. The molecule has 26 heavy (non-hydrogen) atoms. The van der Waals surface area contributed by atoms with Gasteiger partial charge in [-0.3, -0.25) is 4.79 Å². The summed E-state index contributed by atoms with van der Waals surface area (Å²) in [5, 5.41) is 10.9. The second kappa shape index (κ2) is 8.86. The van der Waals surface area contributed by atoms with Crippen molar-refractivity contribution in [2.45, 2.75) is 22.9 Å². The number of anilines is 1. The molecule has 0 atom stereocenters. The summed E-state index contributed by atoms with van der Waals surface area (Å²) >= 11 is 2.35. The lowest BCUT2D eigenvalue weighted by Crippen LogP contribution is -2.12. The van der Waals surface area contributed by atoms with Gasteiger partial charge in [-0.2, -0.15) is 0 Å². The highest BCUT2D eigenvalue weighted by molar-refractivity contribution is 8.00. The van der Waals surface area contributed by atoms with Crippen molar-refractivity contribution in [1.82, 2.24) is 10.2 Å². The van der Waals surface area contributed by atoms with Crippen molar-refractivity contribution in [3.63, 3.8) is 0 Å². The number of hydrogen-bond donors (Lipinski definition) is 1. The molecule has 1 amide bonds. The molecule has 0 aliphatic rings. The standard InChI is InChI=1S/C18H15F2N3OS2/c19-14-7-4-8-15(20)13(14)11-25-18-23-22-17(26-18)21-16(24)10-9-12-5-2-1-3-6-12/h1-8H,9-11H2,(H,21,22,24). The van der Waals surface area contributed by atoms with Crippen LogP contribution in [0, 0.1) is 11.6 Å². The van der Waals surface area contributed by atoms with Gasteiger partial charge in [0.1, 0.15) is 11.6 Å². The van der Waals surface area contributed by atoms with Crippen LogP contribution in [0.2, 0.25) is 0 Å². The van der Waals surface area contributed by atoms with E-state index < -0.39 is 11.6 Å². The Morgan fingerprint density at radius 2 is 1.77 bits per heavy atom. The SMILES string of the molecule is O=C(CCc1ccccc1)Nc1nnc(SCc2c(F)cccc2F)s1. The van der Waals surface area contributed by atoms with Crippen LogP contribution in [0.4, 0.5) is 13.9 Å². The number of benzene rings is 2. The molecule has 3 aromatic rings. The average Bonchev–Trinajstić information content (AvgIpc) is 3.08. The van der Waals surface area contributed by atoms with E-state index >= 15 is 0 Å². The highest BCUT2D eigenvalue weighted by atomic mass is 32.2. The van der Waals surface area contributed by atoms with Crippen LogP contribution in [0.5, 0.6) is 0 Å². The molecule has 0 radical (unpaired) electrons. The fraction of sp³-hybridized carbons (Fsp3) is 0.167. The van der Waals surface area contributed by atoms with Crippen LogP contribution in [0.15, 0.2) is 52.9 Å². The Morgan fingerprint density at radius 3 is 2.50 bits per heavy atom. The van der Waals surface area contributed by atoms with E-state index in [0.29, 0.717) is 22.3 Å². The summed E-state index contributed by atoms with van der Waals surface area (Å²) in [6, 6.07) is 13.5. The Bertz CT molecular complexity index is 867. The van der Waals surface area contributed by atoms with E-state index in [1.807, 2.05) is 30.3 Å². The van der Waals surface area contributed by atoms with Gasteiger partial charge in [0.25, 0.3) is 0 Å². The van der Waals surface area contributed by atoms with Crippen LogP contribution in [0.25, 0.3) is 0 Å². The third kappa shape index (κ3) is 5.09. The number of carbonyl (C=O) groups is 1. The van der Waals surface area contributed by atoms with Gasteiger partial charge < -0.3 is 5.32 Å². The maximum absolute atomic E-state index is 13.6. The fourth-order valence-electron chi connectivity index (χ4n) is 2.21. The number of aryl methyl sites for hydroxylation is 1. The summed E-state index contributed by atoms with van der Waals surface area (Å²) in [4.78, 5) is 12.0. The van der Waals surface area contributed by atoms with Gasteiger partial charge >= 0.3 is 0 Å². The summed E-state index contributed by atoms with van der Waals surface area (Å²) in [7, 11) is 0. The van der Waals surface area contributed by atoms with E-state index in [1.54, 1.807) is 0 Å². The minimum absolute atomic E-state index is 0.00106. The number of amides is 1. The molecule has 0 saturated heterocycles. The number of halogens is 2. The molecule has 0 bridgehead atoms. The van der Waals surface area contributed by atoms with E-state index in [9.17, 15) is 13.6 Å². The first-order valence-electron chi connectivity index (χ1n) is 7.85. The first-order valence-corrected chi connectivity index (χ1v) is 9.65. The van der Waals surface area contributed by atoms with Gasteiger partial charge in [0, 0.05) is 17.7 Å². The second-order valence-corrected chi connectivity index (χ2v) is 7.60. The molecule has 0 spiro atoms. The van der Waals surface area contributed by atoms with Gasteiger partial charge in [0.05, 0.1) is 0 Å². The van der Waals surface area contributed by atoms with E-state index in [0.717, 1.165) is 5.56 Å². The molecule has 2 aromatic carbocycles. The topological polar surface area (TPSA) is 54.9 Å². The zero-order valence-corrected chi connectivity index (χ0v) is 15.2. The van der Waals surface area contributed by atoms with Crippen LogP contribution in [0.3, 0.4) is 0 Å². The largest absolute Gasteiger partial charge is 0.300 e. The van der Waals surface area contributed by atoms with Gasteiger partial charge in [0.2, 0.25) is 11.0 Å². The Hall–Kier alpha value is -2.32. The van der Waals surface area contributed by atoms with Gasteiger partial charge in [-0.1, -0.05) is 59.5 Å². The van der Waals surface area contributed by atoms with Crippen LogP contribution in [-0.2, 0) is 17.0 Å². The Balaban J connectivity index is 1.50. The molecule has 4 nitrogen and oxygen atoms in total. The van der Waals surface area contributed by atoms with Gasteiger partial charge in [-0.05, 0) is 24.1 Å². The van der Waals surface area contributed by atoms with Gasteiger partial charge in [0.15, 0.2) is 4.34 Å². The number of thioether (sulfide) groups is 1. The van der Waals surface area contributed by atoms with E-state index in [1.165, 1.54) is 41.3 Å². The molecule has 3 rings (SSSR count). The van der Waals surface area contributed by atoms with Crippen molar-refractivity contribution in [1.29, 1.82) is 0 Å². The van der Waals surface area contributed by atoms with Gasteiger partial charge in [-0.15, -0.1) is 10.2 Å². The highest BCUT2D eigenvalue weighted by Crippen LogP contribution is 2.30. The summed E-state index contributed by atoms with van der Waals surface area (Å²) in [5.74, 6) is -1.22. The highest BCUT2D eigenvalue weighted by Gasteiger charge is 2.12. The molecule has 0 aliphatic heterocycles. The number of carbonyl (C=O) groups excluding carboxylic acids is 1. The molecule has 1 aromatic heterocycles. The molecule has 0 saturated carbocycles. The first-order chi connectivity index (χ1) is 12.6. The van der Waals surface area contributed by atoms with Crippen molar-refractivity contribution < 1.29 is 13.6 Å². The van der Waals surface area contributed by atoms with Crippen molar-refractivity contribution in [2.24, 2.45) is 0 Å². The summed E-state index contributed by atoms with van der Waals surface area (Å²) in [6.07, 6.45) is 0.978. The lowest BCUT2D eigenvalue weighted by Gasteiger charge is -2.02. The smallest absolute Gasteiger partial charge is 0.226 e. The lowest BCUT2D eigenvalue weighted by molar-refractivity contribution is -0.116. The predicted octanol–water partition coefficient (Wildman–Crippen LogP) is 4.68. The maximum atomic E-state index is 13.6. The number of hydrogen-bond acceptors (Lipinski definition) is 5. The van der Waals surface area contributed by atoms with E-state index in [-0.39, 0.29) is 17.2 Å². The van der Waals surface area contributed by atoms with Gasteiger partial charge in [-0.25, -0.2) is 8.78 Å². The molecular weight excluding hydrogens is 376 g/mol. The fourth-order valence-corrected chi connectivity index (χ4v) is 3.99. The number of nitrogens with one attached hydrogen (secondary N) is 1.